The molecule has 0 radical (unpaired) electrons. The molecule has 0 aliphatic heterocycles. The third-order valence-electron chi connectivity index (χ3n) is 3.04. The molecule has 2 rings (SSSR count). The number of amides is 1. The summed E-state index contributed by atoms with van der Waals surface area (Å²) in [6.45, 7) is 1.82. The number of nitro benzene ring substituents is 1. The first kappa shape index (κ1) is 15.4. The lowest BCUT2D eigenvalue weighted by molar-refractivity contribution is -0.385. The van der Waals surface area contributed by atoms with Crippen molar-refractivity contribution >= 4 is 17.7 Å². The number of nitro groups is 1. The van der Waals surface area contributed by atoms with Gasteiger partial charge in [-0.25, -0.2) is 0 Å². The van der Waals surface area contributed by atoms with Gasteiger partial charge in [-0.15, -0.1) is 0 Å². The van der Waals surface area contributed by atoms with E-state index < -0.39 is 4.92 Å². The minimum absolute atomic E-state index is 0.0377. The molecule has 22 heavy (non-hydrogen) atoms. The van der Waals surface area contributed by atoms with Gasteiger partial charge in [0.1, 0.15) is 0 Å². The first-order chi connectivity index (χ1) is 10.6. The molecule has 1 aromatic heterocycles. The molecule has 1 atom stereocenters. The van der Waals surface area contributed by atoms with E-state index in [2.05, 4.69) is 10.3 Å². The number of nitrogens with one attached hydrogen (secondary N) is 1. The van der Waals surface area contributed by atoms with E-state index in [9.17, 15) is 14.9 Å². The highest BCUT2D eigenvalue weighted by Crippen LogP contribution is 2.18. The number of hydrogen-bond donors (Lipinski definition) is 1. The second-order valence-electron chi connectivity index (χ2n) is 4.63. The Morgan fingerprint density at radius 2 is 2.00 bits per heavy atom. The van der Waals surface area contributed by atoms with Crippen molar-refractivity contribution in [3.63, 3.8) is 0 Å². The van der Waals surface area contributed by atoms with Gasteiger partial charge in [0.2, 0.25) is 5.91 Å². The van der Waals surface area contributed by atoms with Crippen LogP contribution in [0.15, 0.2) is 54.7 Å². The zero-order chi connectivity index (χ0) is 15.9. The van der Waals surface area contributed by atoms with Gasteiger partial charge in [-0.1, -0.05) is 18.2 Å². The van der Waals surface area contributed by atoms with Crippen LogP contribution in [0.1, 0.15) is 24.2 Å². The lowest BCUT2D eigenvalue weighted by Crippen LogP contribution is -2.25. The highest BCUT2D eigenvalue weighted by atomic mass is 16.6. The lowest BCUT2D eigenvalue weighted by Gasteiger charge is -2.11. The van der Waals surface area contributed by atoms with E-state index >= 15 is 0 Å². The molecule has 0 aliphatic rings. The number of hydrogen-bond acceptors (Lipinski definition) is 4. The van der Waals surface area contributed by atoms with Crippen molar-refractivity contribution in [1.82, 2.24) is 10.3 Å². The van der Waals surface area contributed by atoms with Crippen LogP contribution < -0.4 is 5.32 Å². The summed E-state index contributed by atoms with van der Waals surface area (Å²) >= 11 is 0. The monoisotopic (exact) mass is 297 g/mol. The Balaban J connectivity index is 2.05. The summed E-state index contributed by atoms with van der Waals surface area (Å²) in [6.07, 6.45) is 4.36. The third kappa shape index (κ3) is 3.99. The minimum Gasteiger partial charge on any atom is -0.344 e. The summed E-state index contributed by atoms with van der Waals surface area (Å²) < 4.78 is 0. The molecule has 1 N–H and O–H groups in total. The smallest absolute Gasteiger partial charge is 0.276 e. The first-order valence-electron chi connectivity index (χ1n) is 6.71. The molecule has 0 saturated heterocycles. The van der Waals surface area contributed by atoms with Crippen molar-refractivity contribution in [1.29, 1.82) is 0 Å². The first-order valence-corrected chi connectivity index (χ1v) is 6.71. The zero-order valence-electron chi connectivity index (χ0n) is 12.0. The molecule has 0 saturated carbocycles. The van der Waals surface area contributed by atoms with Gasteiger partial charge >= 0.3 is 0 Å². The van der Waals surface area contributed by atoms with Crippen LogP contribution in [0.25, 0.3) is 6.08 Å². The number of aromatic nitrogens is 1. The molecular formula is C16H15N3O3. The average molecular weight is 297 g/mol. The number of carbonyl (C=O) groups excluding carboxylic acids is 1. The van der Waals surface area contributed by atoms with Gasteiger partial charge in [-0.2, -0.15) is 0 Å². The van der Waals surface area contributed by atoms with Gasteiger partial charge in [-0.05, 0) is 31.2 Å². The largest absolute Gasteiger partial charge is 0.344 e. The van der Waals surface area contributed by atoms with Gasteiger partial charge in [-0.3, -0.25) is 19.9 Å². The second-order valence-corrected chi connectivity index (χ2v) is 4.63. The number of para-hydroxylation sites is 1. The summed E-state index contributed by atoms with van der Waals surface area (Å²) in [6, 6.07) is 11.5. The van der Waals surface area contributed by atoms with Crippen LogP contribution in [0.5, 0.6) is 0 Å². The lowest BCUT2D eigenvalue weighted by atomic mass is 10.1. The van der Waals surface area contributed by atoms with Crippen molar-refractivity contribution in [2.75, 3.05) is 0 Å². The Hall–Kier alpha value is -3.02. The van der Waals surface area contributed by atoms with Crippen LogP contribution >= 0.6 is 0 Å². The number of nitrogens with zero attached hydrogens (tertiary/aromatic N) is 2. The topological polar surface area (TPSA) is 85.1 Å². The van der Waals surface area contributed by atoms with Crippen molar-refractivity contribution in [2.45, 2.75) is 13.0 Å². The maximum absolute atomic E-state index is 11.9. The molecular weight excluding hydrogens is 282 g/mol. The number of rotatable bonds is 5. The molecule has 0 spiro atoms. The molecule has 0 fully saturated rings. The summed E-state index contributed by atoms with van der Waals surface area (Å²) in [7, 11) is 0. The van der Waals surface area contributed by atoms with Gasteiger partial charge < -0.3 is 5.32 Å². The fraction of sp³-hybridized carbons (Fsp3) is 0.125. The van der Waals surface area contributed by atoms with Crippen molar-refractivity contribution in [3.05, 3.63) is 76.1 Å². The van der Waals surface area contributed by atoms with Crippen LogP contribution in [0.2, 0.25) is 0 Å². The van der Waals surface area contributed by atoms with E-state index in [1.54, 1.807) is 30.5 Å². The molecule has 1 amide bonds. The summed E-state index contributed by atoms with van der Waals surface area (Å²) in [5.41, 5.74) is 1.09. The van der Waals surface area contributed by atoms with Crippen LogP contribution in [0.3, 0.4) is 0 Å². The standard InChI is InChI=1S/C16H15N3O3/c1-12(14-7-4-5-11-17-14)18-16(20)10-9-13-6-2-3-8-15(13)19(21)22/h2-12H,1H3,(H,18,20)/b10-9+. The highest BCUT2D eigenvalue weighted by molar-refractivity contribution is 5.92. The minimum atomic E-state index is -0.478. The van der Waals surface area contributed by atoms with Crippen LogP contribution in [0.4, 0.5) is 5.69 Å². The van der Waals surface area contributed by atoms with E-state index in [1.807, 2.05) is 19.1 Å². The maximum atomic E-state index is 11.9. The quantitative estimate of drug-likeness (QED) is 0.522. The van der Waals surface area contributed by atoms with E-state index in [1.165, 1.54) is 18.2 Å². The van der Waals surface area contributed by atoms with Gasteiger partial charge in [0, 0.05) is 18.3 Å². The molecule has 1 unspecified atom stereocenters. The SMILES string of the molecule is CC(NC(=O)/C=C/c1ccccc1[N+](=O)[O-])c1ccccn1. The summed E-state index contributed by atoms with van der Waals surface area (Å²) in [5, 5.41) is 13.6. The van der Waals surface area contributed by atoms with E-state index in [4.69, 9.17) is 0 Å². The second kappa shape index (κ2) is 7.12. The summed E-state index contributed by atoms with van der Waals surface area (Å²) in [5.74, 6) is -0.337. The van der Waals surface area contributed by atoms with Crippen molar-refractivity contribution < 1.29 is 9.72 Å². The normalized spacial score (nSPS) is 12.0. The molecule has 112 valence electrons. The molecule has 0 aliphatic carbocycles. The average Bonchev–Trinajstić information content (AvgIpc) is 2.54. The number of carbonyl (C=O) groups is 1. The number of benzene rings is 1. The van der Waals surface area contributed by atoms with Gasteiger partial charge in [0.15, 0.2) is 0 Å². The Morgan fingerprint density at radius 3 is 2.68 bits per heavy atom. The Labute approximate surface area is 127 Å². The van der Waals surface area contributed by atoms with E-state index in [0.29, 0.717) is 5.56 Å². The Kier molecular flexibility index (Phi) is 4.98. The van der Waals surface area contributed by atoms with Crippen LogP contribution in [-0.4, -0.2) is 15.8 Å². The fourth-order valence-corrected chi connectivity index (χ4v) is 1.93. The highest BCUT2D eigenvalue weighted by Gasteiger charge is 2.11. The molecule has 6 nitrogen and oxygen atoms in total. The van der Waals surface area contributed by atoms with Crippen LogP contribution in [-0.2, 0) is 4.79 Å². The molecule has 1 aromatic carbocycles. The predicted octanol–water partition coefficient (Wildman–Crippen LogP) is 2.88. The van der Waals surface area contributed by atoms with E-state index in [-0.39, 0.29) is 17.6 Å². The van der Waals surface area contributed by atoms with E-state index in [0.717, 1.165) is 5.69 Å². The zero-order valence-corrected chi connectivity index (χ0v) is 12.0. The molecule has 2 aromatic rings. The Morgan fingerprint density at radius 1 is 1.27 bits per heavy atom. The van der Waals surface area contributed by atoms with Crippen molar-refractivity contribution in [2.24, 2.45) is 0 Å². The molecule has 1 heterocycles. The van der Waals surface area contributed by atoms with Crippen LogP contribution in [0, 0.1) is 10.1 Å². The predicted molar refractivity (Wildman–Crippen MR) is 82.9 cm³/mol. The van der Waals surface area contributed by atoms with Gasteiger partial charge in [0.05, 0.1) is 22.2 Å². The van der Waals surface area contributed by atoms with Crippen molar-refractivity contribution in [3.8, 4) is 0 Å². The molecule has 6 heteroatoms. The Bertz CT molecular complexity index is 699. The van der Waals surface area contributed by atoms with Gasteiger partial charge in [0.25, 0.3) is 5.69 Å². The fourth-order valence-electron chi connectivity index (χ4n) is 1.93. The number of pyridine rings is 1. The third-order valence-corrected chi connectivity index (χ3v) is 3.04. The molecule has 0 bridgehead atoms. The summed E-state index contributed by atoms with van der Waals surface area (Å²) in [4.78, 5) is 26.5. The maximum Gasteiger partial charge on any atom is 0.276 e.